The number of carbonyl (C=O) groups is 2. The van der Waals surface area contributed by atoms with Crippen molar-refractivity contribution < 1.29 is 23.1 Å². The molecule has 1 aliphatic rings. The molecule has 3 aromatic rings. The predicted molar refractivity (Wildman–Crippen MR) is 131 cm³/mol. The van der Waals surface area contributed by atoms with E-state index in [1.807, 2.05) is 25.7 Å². The number of hydrogen-bond donors (Lipinski definition) is 2. The maximum Gasteiger partial charge on any atom is 0.308 e. The lowest BCUT2D eigenvalue weighted by Gasteiger charge is -2.29. The van der Waals surface area contributed by atoms with E-state index in [-0.39, 0.29) is 22.8 Å². The number of pyridine rings is 1. The Kier molecular flexibility index (Phi) is 7.30. The smallest absolute Gasteiger partial charge is 0.308 e. The van der Waals surface area contributed by atoms with Crippen LogP contribution in [0.2, 0.25) is 0 Å². The van der Waals surface area contributed by atoms with Gasteiger partial charge < -0.3 is 24.7 Å². The number of halogens is 1. The molecule has 0 unspecified atom stereocenters. The van der Waals surface area contributed by atoms with Gasteiger partial charge in [-0.3, -0.25) is 14.6 Å². The summed E-state index contributed by atoms with van der Waals surface area (Å²) in [5.74, 6) is -1.54. The van der Waals surface area contributed by atoms with Gasteiger partial charge in [0.2, 0.25) is 5.89 Å². The van der Waals surface area contributed by atoms with Crippen molar-refractivity contribution in [3.63, 3.8) is 0 Å². The van der Waals surface area contributed by atoms with Gasteiger partial charge in [0.05, 0.1) is 36.4 Å². The number of aryl methyl sites for hydroxylation is 1. The van der Waals surface area contributed by atoms with Gasteiger partial charge in [0.25, 0.3) is 5.91 Å². The lowest BCUT2D eigenvalue weighted by Crippen LogP contribution is -2.36. The third-order valence-corrected chi connectivity index (χ3v) is 5.49. The fourth-order valence-corrected chi connectivity index (χ4v) is 3.58. The molecule has 0 spiro atoms. The van der Waals surface area contributed by atoms with Crippen molar-refractivity contribution in [3.8, 4) is 11.5 Å². The Morgan fingerprint density at radius 3 is 2.56 bits per heavy atom. The number of nitrogens with one attached hydrogen (secondary N) is 2. The molecule has 2 N–H and O–H groups in total. The van der Waals surface area contributed by atoms with E-state index < -0.39 is 17.6 Å². The number of aromatic nitrogens is 3. The third kappa shape index (κ3) is 6.22. The van der Waals surface area contributed by atoms with Gasteiger partial charge in [0, 0.05) is 30.9 Å². The number of benzene rings is 1. The van der Waals surface area contributed by atoms with Crippen LogP contribution < -0.4 is 15.5 Å². The average Bonchev–Trinajstić information content (AvgIpc) is 3.33. The largest absolute Gasteiger partial charge is 0.412 e. The minimum Gasteiger partial charge on any atom is -0.412 e. The van der Waals surface area contributed by atoms with Gasteiger partial charge in [-0.2, -0.15) is 0 Å². The molecule has 2 amide bonds. The summed E-state index contributed by atoms with van der Waals surface area (Å²) in [6.45, 7) is 10.5. The molecule has 1 saturated heterocycles. The Balaban J connectivity index is 1.50. The average molecular weight is 497 g/mol. The highest BCUT2D eigenvalue weighted by molar-refractivity contribution is 6.05. The number of anilines is 2. The number of rotatable bonds is 6. The van der Waals surface area contributed by atoms with Gasteiger partial charge >= 0.3 is 11.8 Å². The Labute approximate surface area is 208 Å². The monoisotopic (exact) mass is 496 g/mol. The first-order valence-corrected chi connectivity index (χ1v) is 11.6. The fourth-order valence-electron chi connectivity index (χ4n) is 3.58. The zero-order valence-electron chi connectivity index (χ0n) is 20.7. The second kappa shape index (κ2) is 10.4. The van der Waals surface area contributed by atoms with Gasteiger partial charge in [0.1, 0.15) is 5.82 Å². The molecule has 2 aromatic heterocycles. The van der Waals surface area contributed by atoms with Crippen molar-refractivity contribution in [3.05, 3.63) is 53.4 Å². The van der Waals surface area contributed by atoms with E-state index in [1.54, 1.807) is 19.1 Å². The lowest BCUT2D eigenvalue weighted by atomic mass is 9.97. The van der Waals surface area contributed by atoms with Gasteiger partial charge in [-0.1, -0.05) is 20.8 Å². The third-order valence-electron chi connectivity index (χ3n) is 5.49. The quantitative estimate of drug-likeness (QED) is 0.532. The maximum absolute atomic E-state index is 14.3. The van der Waals surface area contributed by atoms with E-state index >= 15 is 0 Å². The van der Waals surface area contributed by atoms with Crippen molar-refractivity contribution >= 4 is 23.2 Å². The van der Waals surface area contributed by atoms with E-state index in [0.29, 0.717) is 55.5 Å². The lowest BCUT2D eigenvalue weighted by molar-refractivity contribution is 0.0904. The van der Waals surface area contributed by atoms with Crippen molar-refractivity contribution in [2.24, 2.45) is 5.41 Å². The second-order valence-electron chi connectivity index (χ2n) is 9.76. The molecule has 1 fully saturated rings. The van der Waals surface area contributed by atoms with E-state index in [4.69, 9.17) is 9.15 Å². The zero-order valence-corrected chi connectivity index (χ0v) is 20.7. The standard InChI is InChI=1S/C25H29FN6O4/c1-15-20(23-30-31-24(36-23)22(34)28-14-25(2,3)4)12-18(13-27-15)29-21(33)16-9-17(26)11-19(10-16)32-5-7-35-8-6-32/h9-13H,5-8,14H2,1-4H3,(H,28,34)(H,29,33). The van der Waals surface area contributed by atoms with Crippen LogP contribution in [-0.2, 0) is 4.74 Å². The Morgan fingerprint density at radius 1 is 1.08 bits per heavy atom. The summed E-state index contributed by atoms with van der Waals surface area (Å²) in [6.07, 6.45) is 1.48. The topological polar surface area (TPSA) is 122 Å². The molecule has 1 aliphatic heterocycles. The van der Waals surface area contributed by atoms with Crippen LogP contribution in [0.4, 0.5) is 15.8 Å². The predicted octanol–water partition coefficient (Wildman–Crippen LogP) is 3.44. The van der Waals surface area contributed by atoms with Crippen molar-refractivity contribution in [1.82, 2.24) is 20.5 Å². The highest BCUT2D eigenvalue weighted by atomic mass is 19.1. The van der Waals surface area contributed by atoms with Crippen LogP contribution in [0.15, 0.2) is 34.9 Å². The number of nitrogens with zero attached hydrogens (tertiary/aromatic N) is 4. The van der Waals surface area contributed by atoms with Crippen LogP contribution in [0.3, 0.4) is 0 Å². The molecule has 0 atom stereocenters. The van der Waals surface area contributed by atoms with Crippen LogP contribution >= 0.6 is 0 Å². The Bertz CT molecular complexity index is 1260. The molecule has 0 aliphatic carbocycles. The molecule has 1 aromatic carbocycles. The summed E-state index contributed by atoms with van der Waals surface area (Å²) in [5, 5.41) is 13.3. The van der Waals surface area contributed by atoms with Crippen molar-refractivity contribution in [2.45, 2.75) is 27.7 Å². The Morgan fingerprint density at radius 2 is 1.83 bits per heavy atom. The fraction of sp³-hybridized carbons (Fsp3) is 0.400. The van der Waals surface area contributed by atoms with Gasteiger partial charge in [-0.05, 0) is 36.6 Å². The first kappa shape index (κ1) is 25.2. The summed E-state index contributed by atoms with van der Waals surface area (Å²) in [5.41, 5.74) is 2.08. The minimum atomic E-state index is -0.505. The molecule has 10 nitrogen and oxygen atoms in total. The molecule has 3 heterocycles. The summed E-state index contributed by atoms with van der Waals surface area (Å²) in [7, 11) is 0. The van der Waals surface area contributed by atoms with Crippen LogP contribution in [-0.4, -0.2) is 59.8 Å². The zero-order chi connectivity index (χ0) is 25.9. The summed E-state index contributed by atoms with van der Waals surface area (Å²) >= 11 is 0. The summed E-state index contributed by atoms with van der Waals surface area (Å²) in [4.78, 5) is 31.5. The summed E-state index contributed by atoms with van der Waals surface area (Å²) < 4.78 is 25.2. The molecule has 36 heavy (non-hydrogen) atoms. The molecular formula is C25H29FN6O4. The maximum atomic E-state index is 14.3. The van der Waals surface area contributed by atoms with Crippen LogP contribution in [0.25, 0.3) is 11.5 Å². The molecule has 4 rings (SSSR count). The molecule has 0 saturated carbocycles. The van der Waals surface area contributed by atoms with E-state index in [0.717, 1.165) is 0 Å². The molecule has 190 valence electrons. The van der Waals surface area contributed by atoms with E-state index in [1.165, 1.54) is 18.3 Å². The number of morpholine rings is 1. The first-order valence-electron chi connectivity index (χ1n) is 11.6. The van der Waals surface area contributed by atoms with Crippen molar-refractivity contribution in [1.29, 1.82) is 0 Å². The first-order chi connectivity index (χ1) is 17.1. The van der Waals surface area contributed by atoms with E-state index in [9.17, 15) is 14.0 Å². The molecule has 0 bridgehead atoms. The van der Waals surface area contributed by atoms with Crippen LogP contribution in [0.5, 0.6) is 0 Å². The molecule has 0 radical (unpaired) electrons. The Hall–Kier alpha value is -3.86. The van der Waals surface area contributed by atoms with Crippen LogP contribution in [0.1, 0.15) is 47.5 Å². The highest BCUT2D eigenvalue weighted by Crippen LogP contribution is 2.25. The second-order valence-corrected chi connectivity index (χ2v) is 9.76. The van der Waals surface area contributed by atoms with Gasteiger partial charge in [0.15, 0.2) is 0 Å². The number of amides is 2. The van der Waals surface area contributed by atoms with Gasteiger partial charge in [-0.25, -0.2) is 4.39 Å². The van der Waals surface area contributed by atoms with Crippen molar-refractivity contribution in [2.75, 3.05) is 43.1 Å². The number of ether oxygens (including phenoxy) is 1. The minimum absolute atomic E-state index is 0.0948. The normalized spacial score (nSPS) is 14.0. The molecular weight excluding hydrogens is 467 g/mol. The molecule has 11 heteroatoms. The number of hydrogen-bond acceptors (Lipinski definition) is 8. The SMILES string of the molecule is Cc1ncc(NC(=O)c2cc(F)cc(N3CCOCC3)c2)cc1-c1nnc(C(=O)NCC(C)(C)C)o1. The van der Waals surface area contributed by atoms with Crippen LogP contribution in [0, 0.1) is 18.2 Å². The van der Waals surface area contributed by atoms with E-state index in [2.05, 4.69) is 25.8 Å². The highest BCUT2D eigenvalue weighted by Gasteiger charge is 2.21. The van der Waals surface area contributed by atoms with Gasteiger partial charge in [-0.15, -0.1) is 10.2 Å². The number of carbonyl (C=O) groups excluding carboxylic acids is 2. The summed E-state index contributed by atoms with van der Waals surface area (Å²) in [6, 6.07) is 5.85.